The Kier molecular flexibility index (Phi) is 6.74. The number of carbonyl (C=O) groups is 2. The Bertz CT molecular complexity index is 1000. The fourth-order valence-electron chi connectivity index (χ4n) is 3.79. The first-order chi connectivity index (χ1) is 14.7. The number of alkyl halides is 2. The molecular weight excluding hydrogens is 407 g/mol. The molecule has 0 bridgehead atoms. The standard InChI is InChI=1S/C23H22F3N3O2/c1-15(16-2-4-18(24)5-3-16)10-17-13-28-9-8-20(17)21(30)6-7-22(31)29-14-23(25,26)11-19(29)12-27/h2-5,8-9,13,15,19H,6-7,10-11,14H2,1H3/t15-,19+/m1/s1. The molecule has 1 aromatic carbocycles. The van der Waals surface area contributed by atoms with Gasteiger partial charge in [-0.25, -0.2) is 13.2 Å². The molecule has 0 aliphatic carbocycles. The summed E-state index contributed by atoms with van der Waals surface area (Å²) in [6, 6.07) is 8.26. The molecule has 162 valence electrons. The Morgan fingerprint density at radius 2 is 1.97 bits per heavy atom. The van der Waals surface area contributed by atoms with Crippen LogP contribution in [0, 0.1) is 17.1 Å². The molecule has 2 aromatic rings. The van der Waals surface area contributed by atoms with Gasteiger partial charge in [-0.3, -0.25) is 14.6 Å². The molecule has 0 unspecified atom stereocenters. The van der Waals surface area contributed by atoms with Crippen molar-refractivity contribution in [3.63, 3.8) is 0 Å². The van der Waals surface area contributed by atoms with Crippen LogP contribution in [0.25, 0.3) is 0 Å². The highest BCUT2D eigenvalue weighted by Crippen LogP contribution is 2.32. The highest BCUT2D eigenvalue weighted by molar-refractivity contribution is 5.99. The van der Waals surface area contributed by atoms with Crippen molar-refractivity contribution in [1.29, 1.82) is 5.26 Å². The first-order valence-corrected chi connectivity index (χ1v) is 9.98. The molecule has 1 aliphatic heterocycles. The number of hydrogen-bond acceptors (Lipinski definition) is 4. The molecule has 8 heteroatoms. The number of benzene rings is 1. The van der Waals surface area contributed by atoms with E-state index in [9.17, 15) is 22.8 Å². The van der Waals surface area contributed by atoms with E-state index in [1.807, 2.05) is 6.92 Å². The molecule has 31 heavy (non-hydrogen) atoms. The molecule has 1 saturated heterocycles. The average molecular weight is 429 g/mol. The van der Waals surface area contributed by atoms with Gasteiger partial charge in [0.1, 0.15) is 11.9 Å². The topological polar surface area (TPSA) is 74.1 Å². The van der Waals surface area contributed by atoms with E-state index in [1.54, 1.807) is 30.5 Å². The summed E-state index contributed by atoms with van der Waals surface area (Å²) in [6.07, 6.45) is 2.47. The second-order valence-corrected chi connectivity index (χ2v) is 7.84. The lowest BCUT2D eigenvalue weighted by atomic mass is 9.91. The lowest BCUT2D eigenvalue weighted by Crippen LogP contribution is -2.36. The van der Waals surface area contributed by atoms with Crippen LogP contribution in [-0.4, -0.2) is 40.1 Å². The zero-order valence-electron chi connectivity index (χ0n) is 17.0. The van der Waals surface area contributed by atoms with Crippen LogP contribution in [0.1, 0.15) is 53.6 Å². The number of nitriles is 1. The van der Waals surface area contributed by atoms with Crippen LogP contribution in [-0.2, 0) is 11.2 Å². The molecular formula is C23H22F3N3O2. The van der Waals surface area contributed by atoms with Crippen LogP contribution < -0.4 is 0 Å². The number of amides is 1. The van der Waals surface area contributed by atoms with Gasteiger partial charge in [-0.1, -0.05) is 19.1 Å². The van der Waals surface area contributed by atoms with Crippen LogP contribution in [0.3, 0.4) is 0 Å². The zero-order valence-corrected chi connectivity index (χ0v) is 17.0. The number of Topliss-reactive ketones (excluding diaryl/α,β-unsaturated/α-hetero) is 1. The summed E-state index contributed by atoms with van der Waals surface area (Å²) in [4.78, 5) is 30.1. The molecule has 2 atom stereocenters. The molecule has 3 rings (SSSR count). The van der Waals surface area contributed by atoms with Gasteiger partial charge in [0.2, 0.25) is 5.91 Å². The summed E-state index contributed by atoms with van der Waals surface area (Å²) in [6.45, 7) is 1.15. The predicted octanol–water partition coefficient (Wildman–Crippen LogP) is 4.29. The minimum absolute atomic E-state index is 0.00111. The largest absolute Gasteiger partial charge is 0.320 e. The van der Waals surface area contributed by atoms with E-state index in [0.29, 0.717) is 17.5 Å². The first-order valence-electron chi connectivity index (χ1n) is 9.98. The van der Waals surface area contributed by atoms with Gasteiger partial charge in [0.25, 0.3) is 5.92 Å². The third-order valence-corrected chi connectivity index (χ3v) is 5.47. The average Bonchev–Trinajstić information content (AvgIpc) is 3.07. The molecule has 5 nitrogen and oxygen atoms in total. The number of halogens is 3. The van der Waals surface area contributed by atoms with E-state index in [1.165, 1.54) is 18.3 Å². The van der Waals surface area contributed by atoms with E-state index < -0.39 is 30.8 Å². The smallest absolute Gasteiger partial charge is 0.268 e. The molecule has 0 radical (unpaired) electrons. The van der Waals surface area contributed by atoms with Gasteiger partial charge >= 0.3 is 0 Å². The van der Waals surface area contributed by atoms with Crippen molar-refractivity contribution in [3.05, 3.63) is 65.2 Å². The molecule has 1 aliphatic rings. The number of aromatic nitrogens is 1. The fourth-order valence-corrected chi connectivity index (χ4v) is 3.79. The lowest BCUT2D eigenvalue weighted by Gasteiger charge is -2.19. The van der Waals surface area contributed by atoms with Crippen molar-refractivity contribution >= 4 is 11.7 Å². The molecule has 1 aromatic heterocycles. The maximum Gasteiger partial charge on any atom is 0.268 e. The number of rotatable bonds is 7. The van der Waals surface area contributed by atoms with Crippen molar-refractivity contribution in [3.8, 4) is 6.07 Å². The molecule has 0 saturated carbocycles. The summed E-state index contributed by atoms with van der Waals surface area (Å²) >= 11 is 0. The van der Waals surface area contributed by atoms with Gasteiger partial charge in [-0.05, 0) is 41.7 Å². The monoisotopic (exact) mass is 429 g/mol. The van der Waals surface area contributed by atoms with E-state index in [0.717, 1.165) is 10.5 Å². The summed E-state index contributed by atoms with van der Waals surface area (Å²) < 4.78 is 40.3. The highest BCUT2D eigenvalue weighted by atomic mass is 19.3. The number of nitrogens with zero attached hydrogens (tertiary/aromatic N) is 3. The number of hydrogen-bond donors (Lipinski definition) is 0. The Morgan fingerprint density at radius 1 is 1.26 bits per heavy atom. The number of ketones is 1. The Morgan fingerprint density at radius 3 is 2.65 bits per heavy atom. The van der Waals surface area contributed by atoms with Crippen LogP contribution in [0.15, 0.2) is 42.7 Å². The minimum atomic E-state index is -3.09. The van der Waals surface area contributed by atoms with Crippen LogP contribution in [0.5, 0.6) is 0 Å². The highest BCUT2D eigenvalue weighted by Gasteiger charge is 2.47. The summed E-state index contributed by atoms with van der Waals surface area (Å²) in [5.41, 5.74) is 2.02. The van der Waals surface area contributed by atoms with Crippen LogP contribution in [0.2, 0.25) is 0 Å². The Balaban J connectivity index is 1.65. The third-order valence-electron chi connectivity index (χ3n) is 5.47. The SMILES string of the molecule is C[C@H](Cc1cnccc1C(=O)CCC(=O)N1CC(F)(F)C[C@H]1C#N)c1ccc(F)cc1. The third kappa shape index (κ3) is 5.48. The molecule has 1 amide bonds. The van der Waals surface area contributed by atoms with Gasteiger partial charge in [0, 0.05) is 37.2 Å². The van der Waals surface area contributed by atoms with Crippen molar-refractivity contribution in [2.45, 2.75) is 50.5 Å². The lowest BCUT2D eigenvalue weighted by molar-refractivity contribution is -0.132. The normalized spacial score (nSPS) is 18.4. The van der Waals surface area contributed by atoms with Crippen molar-refractivity contribution in [2.24, 2.45) is 0 Å². The first kappa shape index (κ1) is 22.5. The van der Waals surface area contributed by atoms with Crippen LogP contribution in [0.4, 0.5) is 13.2 Å². The second-order valence-electron chi connectivity index (χ2n) is 7.84. The summed E-state index contributed by atoms with van der Waals surface area (Å²) in [5, 5.41) is 9.03. The molecule has 0 N–H and O–H groups in total. The summed E-state index contributed by atoms with van der Waals surface area (Å²) in [5.74, 6) is -4.34. The van der Waals surface area contributed by atoms with Crippen LogP contribution >= 0.6 is 0 Å². The fraction of sp³-hybridized carbons (Fsp3) is 0.391. The van der Waals surface area contributed by atoms with E-state index in [-0.39, 0.29) is 30.4 Å². The summed E-state index contributed by atoms with van der Waals surface area (Å²) in [7, 11) is 0. The number of likely N-dealkylation sites (tertiary alicyclic amines) is 1. The van der Waals surface area contributed by atoms with Gasteiger partial charge in [-0.15, -0.1) is 0 Å². The van der Waals surface area contributed by atoms with E-state index in [4.69, 9.17) is 5.26 Å². The molecule has 2 heterocycles. The molecule has 1 fully saturated rings. The van der Waals surface area contributed by atoms with Crippen molar-refractivity contribution < 1.29 is 22.8 Å². The number of pyridine rings is 1. The van der Waals surface area contributed by atoms with E-state index in [2.05, 4.69) is 4.98 Å². The van der Waals surface area contributed by atoms with Gasteiger partial charge in [0.15, 0.2) is 5.78 Å². The van der Waals surface area contributed by atoms with Gasteiger partial charge < -0.3 is 4.90 Å². The Hall–Kier alpha value is -3.21. The predicted molar refractivity (Wildman–Crippen MR) is 107 cm³/mol. The van der Waals surface area contributed by atoms with Gasteiger partial charge in [-0.2, -0.15) is 5.26 Å². The number of carbonyl (C=O) groups excluding carboxylic acids is 2. The quantitative estimate of drug-likeness (QED) is 0.616. The second kappa shape index (κ2) is 9.29. The van der Waals surface area contributed by atoms with Crippen molar-refractivity contribution in [2.75, 3.05) is 6.54 Å². The van der Waals surface area contributed by atoms with Gasteiger partial charge in [0.05, 0.1) is 12.6 Å². The maximum absolute atomic E-state index is 13.6. The van der Waals surface area contributed by atoms with Crippen molar-refractivity contribution in [1.82, 2.24) is 9.88 Å². The zero-order chi connectivity index (χ0) is 22.6. The molecule has 0 spiro atoms. The maximum atomic E-state index is 13.6. The van der Waals surface area contributed by atoms with E-state index >= 15 is 0 Å². The minimum Gasteiger partial charge on any atom is -0.320 e. The Labute approximate surface area is 178 Å².